The first-order valence-corrected chi connectivity index (χ1v) is 20.7. The Balaban J connectivity index is 1.17. The lowest BCUT2D eigenvalue weighted by Crippen LogP contribution is -2.57. The topological polar surface area (TPSA) is 167 Å². The van der Waals surface area contributed by atoms with E-state index in [1.54, 1.807) is 25.3 Å². The summed E-state index contributed by atoms with van der Waals surface area (Å²) in [7, 11) is -3.95. The summed E-state index contributed by atoms with van der Waals surface area (Å²) in [5, 5.41) is 6.82. The van der Waals surface area contributed by atoms with Gasteiger partial charge >= 0.3 is 6.03 Å². The lowest BCUT2D eigenvalue weighted by molar-refractivity contribution is -0.150. The minimum atomic E-state index is -3.95. The van der Waals surface area contributed by atoms with E-state index in [0.29, 0.717) is 23.9 Å². The van der Waals surface area contributed by atoms with Crippen molar-refractivity contribution in [3.05, 3.63) is 61.2 Å². The van der Waals surface area contributed by atoms with Crippen LogP contribution in [-0.2, 0) is 29.2 Å². The number of fused-ring (bicyclic) bond motifs is 3. The van der Waals surface area contributed by atoms with Gasteiger partial charge in [-0.1, -0.05) is 63.2 Å². The van der Waals surface area contributed by atoms with Crippen LogP contribution >= 0.6 is 0 Å². The number of rotatable bonds is 10. The molecule has 2 aliphatic carbocycles. The van der Waals surface area contributed by atoms with Gasteiger partial charge in [0.15, 0.2) is 0 Å². The number of carbonyl (C=O) groups is 5. The van der Waals surface area contributed by atoms with Gasteiger partial charge in [-0.3, -0.25) is 28.5 Å². The van der Waals surface area contributed by atoms with Crippen LogP contribution in [0.3, 0.4) is 0 Å². The van der Waals surface area contributed by atoms with Crippen LogP contribution in [0.4, 0.5) is 13.6 Å². The van der Waals surface area contributed by atoms with E-state index in [4.69, 9.17) is 0 Å². The molecule has 4 aliphatic rings. The molecule has 5 atom stereocenters. The van der Waals surface area contributed by atoms with Gasteiger partial charge in [-0.15, -0.1) is 6.58 Å². The van der Waals surface area contributed by atoms with Crippen LogP contribution in [0.2, 0.25) is 0 Å². The number of para-hydroxylation sites is 2. The van der Waals surface area contributed by atoms with Crippen LogP contribution in [0.25, 0.3) is 21.8 Å². The predicted molar refractivity (Wildman–Crippen MR) is 205 cm³/mol. The molecule has 13 nitrogen and oxygen atoms in total. The van der Waals surface area contributed by atoms with E-state index in [0.717, 1.165) is 10.8 Å². The molecular formula is C40H48F2N6O7S. The summed E-state index contributed by atoms with van der Waals surface area (Å²) >= 11 is 0. The van der Waals surface area contributed by atoms with Gasteiger partial charge in [0.2, 0.25) is 27.7 Å². The number of sulfonamides is 1. The average Bonchev–Trinajstić information content (AvgIpc) is 4.05. The largest absolute Gasteiger partial charge is 0.342 e. The molecule has 1 aromatic heterocycles. The van der Waals surface area contributed by atoms with E-state index >= 15 is 0 Å². The number of nitrogens with zero attached hydrogens (tertiary/aromatic N) is 3. The quantitative estimate of drug-likeness (QED) is 0.258. The number of hydrogen-bond donors (Lipinski definition) is 3. The second-order valence-corrected chi connectivity index (χ2v) is 18.8. The first-order valence-electron chi connectivity index (χ1n) is 19.1. The van der Waals surface area contributed by atoms with E-state index in [9.17, 15) is 41.2 Å². The fourth-order valence-electron chi connectivity index (χ4n) is 8.18. The predicted octanol–water partition coefficient (Wildman–Crippen LogP) is 4.30. The number of piperidine rings is 1. The van der Waals surface area contributed by atoms with E-state index in [1.807, 2.05) is 48.5 Å². The highest BCUT2D eigenvalue weighted by Gasteiger charge is 2.62. The summed E-state index contributed by atoms with van der Waals surface area (Å²) in [4.78, 5) is 72.9. The van der Waals surface area contributed by atoms with E-state index < -0.39 is 98.6 Å². The minimum absolute atomic E-state index is 0.0523. The summed E-state index contributed by atoms with van der Waals surface area (Å²) in [6.45, 7) is 8.68. The summed E-state index contributed by atoms with van der Waals surface area (Å²) in [5.41, 5.74) is -1.12. The molecule has 56 heavy (non-hydrogen) atoms. The fourth-order valence-corrected chi connectivity index (χ4v) is 9.55. The van der Waals surface area contributed by atoms with E-state index in [-0.39, 0.29) is 38.9 Å². The molecule has 7 rings (SSSR count). The maximum absolute atomic E-state index is 14.7. The molecule has 0 spiro atoms. The molecule has 4 fully saturated rings. The first-order chi connectivity index (χ1) is 26.3. The lowest BCUT2D eigenvalue weighted by atomic mass is 9.77. The number of aromatic nitrogens is 1. The first kappa shape index (κ1) is 39.4. The molecule has 2 saturated carbocycles. The number of halogens is 2. The molecule has 2 unspecified atom stereocenters. The maximum Gasteiger partial charge on any atom is 0.326 e. The van der Waals surface area contributed by atoms with E-state index in [1.165, 1.54) is 15.9 Å². The molecular weight excluding hydrogens is 747 g/mol. The highest BCUT2D eigenvalue weighted by molar-refractivity contribution is 7.91. The second-order valence-electron chi connectivity index (χ2n) is 16.8. The Kier molecular flexibility index (Phi) is 10.0. The molecule has 3 N–H and O–H groups in total. The molecule has 3 aromatic rings. The van der Waals surface area contributed by atoms with Crippen LogP contribution in [0.5, 0.6) is 0 Å². The molecule has 2 saturated heterocycles. The van der Waals surface area contributed by atoms with Crippen molar-refractivity contribution >= 4 is 61.5 Å². The van der Waals surface area contributed by atoms with Crippen molar-refractivity contribution in [1.29, 1.82) is 0 Å². The number of nitrogens with one attached hydrogen (secondary N) is 3. The normalized spacial score (nSPS) is 25.4. The van der Waals surface area contributed by atoms with Crippen molar-refractivity contribution in [2.75, 3.05) is 19.6 Å². The van der Waals surface area contributed by atoms with Crippen LogP contribution in [0.15, 0.2) is 61.2 Å². The summed E-state index contributed by atoms with van der Waals surface area (Å²) in [6.07, 6.45) is 1.12. The minimum Gasteiger partial charge on any atom is -0.342 e. The monoisotopic (exact) mass is 794 g/mol. The molecule has 2 aromatic carbocycles. The average molecular weight is 795 g/mol. The van der Waals surface area contributed by atoms with Gasteiger partial charge in [-0.25, -0.2) is 22.0 Å². The molecule has 0 radical (unpaired) electrons. The zero-order valence-corrected chi connectivity index (χ0v) is 32.5. The van der Waals surface area contributed by atoms with Crippen LogP contribution in [-0.4, -0.2) is 101 Å². The zero-order chi connectivity index (χ0) is 40.4. The van der Waals surface area contributed by atoms with Crippen molar-refractivity contribution in [1.82, 2.24) is 29.7 Å². The third-order valence-electron chi connectivity index (χ3n) is 11.8. The molecule has 5 amide bonds. The fraction of sp³-hybridized carbons (Fsp3) is 0.525. The summed E-state index contributed by atoms with van der Waals surface area (Å²) in [6, 6.07) is 12.4. The Bertz CT molecular complexity index is 2170. The van der Waals surface area contributed by atoms with Crippen LogP contribution in [0, 0.1) is 17.3 Å². The van der Waals surface area contributed by atoms with Gasteiger partial charge in [0, 0.05) is 55.6 Å². The Morgan fingerprint density at radius 3 is 2.09 bits per heavy atom. The van der Waals surface area contributed by atoms with Gasteiger partial charge < -0.3 is 20.4 Å². The number of alkyl halides is 2. The standard InChI is InChI=1S/C40H48F2N6O7S/c1-5-24-22-40(24,36(52)45-56(54,55)26-14-15-26)44-34(50)32-20-25(43-37(53)48-30-12-8-6-10-27(30)28-11-7-9-13-31(28)48)23-47(32)35(51)29(38(2,3)4)21-33(49)46-18-16-39(41,42)17-19-46/h5-13,24-26,29,32H,1,14-23H2,2-4H3,(H,43,53)(H,44,50)(H,45,52)/t24?,25-,29-,32+,40?/m1/s1. The van der Waals surface area contributed by atoms with Crippen molar-refractivity contribution in [2.45, 2.75) is 94.5 Å². The van der Waals surface area contributed by atoms with Crippen molar-refractivity contribution in [2.24, 2.45) is 17.3 Å². The van der Waals surface area contributed by atoms with Gasteiger partial charge in [-0.2, -0.15) is 0 Å². The third kappa shape index (κ3) is 7.51. The number of carbonyl (C=O) groups excluding carboxylic acids is 5. The molecule has 3 heterocycles. The Hall–Kier alpha value is -4.86. The number of benzene rings is 2. The van der Waals surface area contributed by atoms with Crippen LogP contribution in [0.1, 0.15) is 65.7 Å². The molecule has 2 aliphatic heterocycles. The van der Waals surface area contributed by atoms with Gasteiger partial charge in [0.25, 0.3) is 11.8 Å². The van der Waals surface area contributed by atoms with Crippen molar-refractivity contribution < 1.29 is 41.2 Å². The highest BCUT2D eigenvalue weighted by atomic mass is 32.2. The van der Waals surface area contributed by atoms with Gasteiger partial charge in [-0.05, 0) is 43.2 Å². The molecule has 16 heteroatoms. The number of amides is 5. The third-order valence-corrected chi connectivity index (χ3v) is 13.6. The van der Waals surface area contributed by atoms with Crippen molar-refractivity contribution in [3.8, 4) is 0 Å². The maximum atomic E-state index is 14.7. The Morgan fingerprint density at radius 2 is 1.55 bits per heavy atom. The summed E-state index contributed by atoms with van der Waals surface area (Å²) in [5.74, 6) is -7.05. The van der Waals surface area contributed by atoms with Crippen molar-refractivity contribution in [3.63, 3.8) is 0 Å². The number of hydrogen-bond acceptors (Lipinski definition) is 7. The molecule has 0 bridgehead atoms. The lowest BCUT2D eigenvalue weighted by Gasteiger charge is -2.37. The van der Waals surface area contributed by atoms with E-state index in [2.05, 4.69) is 21.9 Å². The van der Waals surface area contributed by atoms with Gasteiger partial charge in [0.05, 0.1) is 28.2 Å². The second kappa shape index (κ2) is 14.3. The highest BCUT2D eigenvalue weighted by Crippen LogP contribution is 2.46. The number of likely N-dealkylation sites (tertiary alicyclic amines) is 2. The Morgan fingerprint density at radius 1 is 0.964 bits per heavy atom. The Labute approximate surface area is 324 Å². The molecule has 300 valence electrons. The van der Waals surface area contributed by atoms with Crippen LogP contribution < -0.4 is 15.4 Å². The smallest absolute Gasteiger partial charge is 0.326 e. The van der Waals surface area contributed by atoms with Gasteiger partial charge in [0.1, 0.15) is 11.6 Å². The zero-order valence-electron chi connectivity index (χ0n) is 31.7. The SMILES string of the molecule is C=CC1CC1(NC(=O)[C@@H]1C[C@@H](NC(=O)n2c3ccccc3c3ccccc32)CN1C(=O)[C@@H](CC(=O)N1CCC(F)(F)CC1)C(C)(C)C)C(=O)NS(=O)(=O)C1CC1. The summed E-state index contributed by atoms with van der Waals surface area (Å²) < 4.78 is 57.0.